The van der Waals surface area contributed by atoms with E-state index in [1.807, 2.05) is 17.0 Å². The molecule has 0 radical (unpaired) electrons. The summed E-state index contributed by atoms with van der Waals surface area (Å²) in [6, 6.07) is 16.8. The number of nitrogens with one attached hydrogen (secondary N) is 1. The van der Waals surface area contributed by atoms with Crippen LogP contribution in [0.1, 0.15) is 11.1 Å². The molecule has 0 saturated carbocycles. The number of ether oxygens (including phenoxy) is 1. The zero-order valence-electron chi connectivity index (χ0n) is 17.1. The summed E-state index contributed by atoms with van der Waals surface area (Å²) in [4.78, 5) is 19.3. The van der Waals surface area contributed by atoms with E-state index in [0.29, 0.717) is 6.54 Å². The summed E-state index contributed by atoms with van der Waals surface area (Å²) in [7, 11) is 0. The van der Waals surface area contributed by atoms with Crippen molar-refractivity contribution in [3.63, 3.8) is 0 Å². The number of amides is 2. The Labute approximate surface area is 173 Å². The largest absolute Gasteiger partial charge is 0.378 e. The number of benzene rings is 2. The lowest BCUT2D eigenvalue weighted by atomic mass is 10.1. The maximum atomic E-state index is 12.6. The summed E-state index contributed by atoms with van der Waals surface area (Å²) in [5.74, 6) is 0. The number of nitrogens with zero attached hydrogens (tertiary/aromatic N) is 3. The van der Waals surface area contributed by atoms with E-state index >= 15 is 0 Å². The third-order valence-electron chi connectivity index (χ3n) is 5.83. The number of para-hydroxylation sites is 2. The average molecular weight is 395 g/mol. The summed E-state index contributed by atoms with van der Waals surface area (Å²) in [5.41, 5.74) is 4.90. The number of morpholine rings is 1. The Balaban J connectivity index is 1.34. The van der Waals surface area contributed by atoms with Crippen LogP contribution in [0.3, 0.4) is 0 Å². The highest BCUT2D eigenvalue weighted by Gasteiger charge is 2.24. The monoisotopic (exact) mass is 394 g/mol. The third-order valence-corrected chi connectivity index (χ3v) is 5.83. The fourth-order valence-electron chi connectivity index (χ4n) is 4.04. The van der Waals surface area contributed by atoms with Gasteiger partial charge in [0.2, 0.25) is 0 Å². The van der Waals surface area contributed by atoms with E-state index in [2.05, 4.69) is 58.4 Å². The van der Waals surface area contributed by atoms with Gasteiger partial charge in [-0.1, -0.05) is 36.4 Å². The summed E-state index contributed by atoms with van der Waals surface area (Å²) in [6.45, 7) is 9.23. The molecular formula is C23H30N4O2. The molecule has 2 amide bonds. The zero-order valence-corrected chi connectivity index (χ0v) is 17.1. The lowest BCUT2D eigenvalue weighted by Gasteiger charge is -2.39. The highest BCUT2D eigenvalue weighted by Crippen LogP contribution is 2.30. The first-order valence-corrected chi connectivity index (χ1v) is 10.5. The Morgan fingerprint density at radius 1 is 0.862 bits per heavy atom. The number of rotatable bonds is 4. The number of hydrogen-bond donors (Lipinski definition) is 1. The van der Waals surface area contributed by atoms with Crippen molar-refractivity contribution >= 4 is 17.4 Å². The van der Waals surface area contributed by atoms with Crippen molar-refractivity contribution in [2.45, 2.75) is 13.5 Å². The van der Waals surface area contributed by atoms with Crippen molar-refractivity contribution < 1.29 is 9.53 Å². The van der Waals surface area contributed by atoms with Crippen LogP contribution in [0.25, 0.3) is 0 Å². The van der Waals surface area contributed by atoms with Crippen LogP contribution in [0.5, 0.6) is 0 Å². The van der Waals surface area contributed by atoms with E-state index < -0.39 is 0 Å². The van der Waals surface area contributed by atoms with Crippen molar-refractivity contribution in [2.24, 2.45) is 0 Å². The van der Waals surface area contributed by atoms with Gasteiger partial charge in [-0.2, -0.15) is 0 Å². The van der Waals surface area contributed by atoms with E-state index in [1.54, 1.807) is 0 Å². The molecule has 2 aromatic rings. The molecule has 0 aliphatic carbocycles. The fraction of sp³-hybridized carbons (Fsp3) is 0.435. The van der Waals surface area contributed by atoms with Crippen LogP contribution in [0.4, 0.5) is 16.2 Å². The zero-order chi connectivity index (χ0) is 20.1. The Morgan fingerprint density at radius 2 is 1.45 bits per heavy atom. The van der Waals surface area contributed by atoms with Crippen molar-refractivity contribution in [2.75, 3.05) is 62.3 Å². The Hall–Kier alpha value is -2.73. The number of anilines is 2. The second kappa shape index (κ2) is 9.18. The fourth-order valence-corrected chi connectivity index (χ4v) is 4.04. The smallest absolute Gasteiger partial charge is 0.317 e. The van der Waals surface area contributed by atoms with Crippen LogP contribution in [0, 0.1) is 6.92 Å². The first-order valence-electron chi connectivity index (χ1n) is 10.5. The normalized spacial score (nSPS) is 17.3. The minimum atomic E-state index is 0.0226. The van der Waals surface area contributed by atoms with Crippen LogP contribution in [-0.4, -0.2) is 63.4 Å². The van der Waals surface area contributed by atoms with Gasteiger partial charge >= 0.3 is 6.03 Å². The Kier molecular flexibility index (Phi) is 6.20. The molecule has 2 heterocycles. The predicted molar refractivity (Wildman–Crippen MR) is 117 cm³/mol. The van der Waals surface area contributed by atoms with Gasteiger partial charge in [0.05, 0.1) is 24.6 Å². The van der Waals surface area contributed by atoms with Gasteiger partial charge in [-0.15, -0.1) is 0 Å². The SMILES string of the molecule is Cc1ccccc1CNC(=O)N1CCN(c2ccccc2N2CCOCC2)CC1. The van der Waals surface area contributed by atoms with E-state index in [9.17, 15) is 4.79 Å². The molecule has 0 bridgehead atoms. The highest BCUT2D eigenvalue weighted by atomic mass is 16.5. The molecule has 0 atom stereocenters. The summed E-state index contributed by atoms with van der Waals surface area (Å²) in [6.07, 6.45) is 0. The lowest BCUT2D eigenvalue weighted by molar-refractivity contribution is 0.122. The lowest BCUT2D eigenvalue weighted by Crippen LogP contribution is -2.52. The number of urea groups is 1. The second-order valence-corrected chi connectivity index (χ2v) is 7.65. The summed E-state index contributed by atoms with van der Waals surface area (Å²) < 4.78 is 5.50. The standard InChI is InChI=1S/C23H30N4O2/c1-19-6-2-3-7-20(19)18-24-23(28)27-12-10-25(11-13-27)21-8-4-5-9-22(21)26-14-16-29-17-15-26/h2-9H,10-18H2,1H3,(H,24,28). The van der Waals surface area contributed by atoms with Gasteiger partial charge < -0.3 is 24.8 Å². The van der Waals surface area contributed by atoms with Crippen molar-refractivity contribution in [3.8, 4) is 0 Å². The molecule has 0 spiro atoms. The van der Waals surface area contributed by atoms with E-state index in [-0.39, 0.29) is 6.03 Å². The van der Waals surface area contributed by atoms with Gasteiger partial charge in [-0.25, -0.2) is 4.79 Å². The molecule has 6 nitrogen and oxygen atoms in total. The molecule has 0 aromatic heterocycles. The molecule has 2 fully saturated rings. The summed E-state index contributed by atoms with van der Waals surface area (Å²) in [5, 5.41) is 3.07. The molecule has 6 heteroatoms. The van der Waals surface area contributed by atoms with Gasteiger partial charge in [0.1, 0.15) is 0 Å². The van der Waals surface area contributed by atoms with E-state index in [0.717, 1.165) is 52.5 Å². The van der Waals surface area contributed by atoms with Crippen LogP contribution in [-0.2, 0) is 11.3 Å². The van der Waals surface area contributed by atoms with Crippen LogP contribution < -0.4 is 15.1 Å². The third kappa shape index (κ3) is 4.65. The van der Waals surface area contributed by atoms with Crippen molar-refractivity contribution in [3.05, 3.63) is 59.7 Å². The van der Waals surface area contributed by atoms with Crippen molar-refractivity contribution in [1.29, 1.82) is 0 Å². The molecule has 2 aromatic carbocycles. The molecule has 1 N–H and O–H groups in total. The molecule has 154 valence electrons. The van der Waals surface area contributed by atoms with Gasteiger partial charge in [0, 0.05) is 45.8 Å². The predicted octanol–water partition coefficient (Wildman–Crippen LogP) is 2.86. The maximum Gasteiger partial charge on any atom is 0.317 e. The minimum absolute atomic E-state index is 0.0226. The van der Waals surface area contributed by atoms with Gasteiger partial charge in [0.15, 0.2) is 0 Å². The maximum absolute atomic E-state index is 12.6. The Bertz CT molecular complexity index is 827. The van der Waals surface area contributed by atoms with Gasteiger partial charge in [-0.3, -0.25) is 0 Å². The van der Waals surface area contributed by atoms with Crippen LogP contribution >= 0.6 is 0 Å². The molecule has 29 heavy (non-hydrogen) atoms. The number of carbonyl (C=O) groups is 1. The topological polar surface area (TPSA) is 48.1 Å². The quantitative estimate of drug-likeness (QED) is 0.866. The van der Waals surface area contributed by atoms with Gasteiger partial charge in [-0.05, 0) is 30.2 Å². The van der Waals surface area contributed by atoms with E-state index in [4.69, 9.17) is 4.74 Å². The average Bonchev–Trinajstić information content (AvgIpc) is 2.79. The first kappa shape index (κ1) is 19.6. The molecule has 4 rings (SSSR count). The Morgan fingerprint density at radius 3 is 2.10 bits per heavy atom. The molecular weight excluding hydrogens is 364 g/mol. The van der Waals surface area contributed by atoms with E-state index in [1.165, 1.54) is 22.5 Å². The number of piperazine rings is 1. The van der Waals surface area contributed by atoms with Crippen molar-refractivity contribution in [1.82, 2.24) is 10.2 Å². The number of aryl methyl sites for hydroxylation is 1. The minimum Gasteiger partial charge on any atom is -0.378 e. The number of carbonyl (C=O) groups excluding carboxylic acids is 1. The van der Waals surface area contributed by atoms with Crippen LogP contribution in [0.15, 0.2) is 48.5 Å². The molecule has 2 aliphatic heterocycles. The molecule has 2 saturated heterocycles. The van der Waals surface area contributed by atoms with Gasteiger partial charge in [0.25, 0.3) is 0 Å². The molecule has 2 aliphatic rings. The second-order valence-electron chi connectivity index (χ2n) is 7.65. The number of hydrogen-bond acceptors (Lipinski definition) is 4. The van der Waals surface area contributed by atoms with Crippen LogP contribution in [0.2, 0.25) is 0 Å². The first-order chi connectivity index (χ1) is 14.2. The summed E-state index contributed by atoms with van der Waals surface area (Å²) >= 11 is 0. The highest BCUT2D eigenvalue weighted by molar-refractivity contribution is 5.75. The molecule has 0 unspecified atom stereocenters.